The molecular formula is C25H26FN5O2. The Labute approximate surface area is 191 Å². The molecule has 4 aromatic rings. The van der Waals surface area contributed by atoms with E-state index in [1.54, 1.807) is 23.2 Å². The van der Waals surface area contributed by atoms with E-state index in [1.165, 1.54) is 12.1 Å². The molecule has 4 heterocycles. The van der Waals surface area contributed by atoms with Crippen molar-refractivity contribution in [2.45, 2.75) is 45.9 Å². The first-order valence-electron chi connectivity index (χ1n) is 11.0. The summed E-state index contributed by atoms with van der Waals surface area (Å²) in [5, 5.41) is 5.88. The molecule has 7 nitrogen and oxygen atoms in total. The van der Waals surface area contributed by atoms with Gasteiger partial charge in [-0.2, -0.15) is 5.10 Å². The fourth-order valence-electron chi connectivity index (χ4n) is 4.44. The summed E-state index contributed by atoms with van der Waals surface area (Å²) in [6.45, 7) is 8.60. The van der Waals surface area contributed by atoms with Gasteiger partial charge in [-0.3, -0.25) is 9.58 Å². The summed E-state index contributed by atoms with van der Waals surface area (Å²) < 4.78 is 21.3. The van der Waals surface area contributed by atoms with Crippen molar-refractivity contribution in [3.8, 4) is 22.4 Å². The summed E-state index contributed by atoms with van der Waals surface area (Å²) >= 11 is 0. The van der Waals surface area contributed by atoms with Gasteiger partial charge >= 0.3 is 6.09 Å². The van der Waals surface area contributed by atoms with E-state index in [0.29, 0.717) is 13.1 Å². The van der Waals surface area contributed by atoms with Crippen LogP contribution in [0.4, 0.5) is 9.18 Å². The number of H-pyrrole nitrogens is 1. The Balaban J connectivity index is 1.70. The predicted octanol–water partition coefficient (Wildman–Crippen LogP) is 5.54. The summed E-state index contributed by atoms with van der Waals surface area (Å²) in [4.78, 5) is 22.3. The maximum Gasteiger partial charge on any atom is 0.410 e. The highest BCUT2D eigenvalue weighted by Gasteiger charge is 2.36. The van der Waals surface area contributed by atoms with Crippen molar-refractivity contribution in [1.82, 2.24) is 24.6 Å². The molecule has 1 unspecified atom stereocenters. The highest BCUT2D eigenvalue weighted by Crippen LogP contribution is 2.43. The molecule has 170 valence electrons. The number of pyridine rings is 1. The highest BCUT2D eigenvalue weighted by molar-refractivity contribution is 5.98. The van der Waals surface area contributed by atoms with Crippen LogP contribution in [-0.2, 0) is 11.3 Å². The normalized spacial score (nSPS) is 16.2. The quantitative estimate of drug-likeness (QED) is 0.437. The van der Waals surface area contributed by atoms with Gasteiger partial charge in [0.1, 0.15) is 22.8 Å². The van der Waals surface area contributed by atoms with Crippen molar-refractivity contribution in [3.05, 3.63) is 60.3 Å². The minimum Gasteiger partial charge on any atom is -0.444 e. The molecule has 0 spiro atoms. The van der Waals surface area contributed by atoms with Crippen LogP contribution in [0.2, 0.25) is 0 Å². The lowest BCUT2D eigenvalue weighted by molar-refractivity contribution is 0.0121. The molecule has 0 aliphatic carbocycles. The second-order valence-electron chi connectivity index (χ2n) is 9.29. The van der Waals surface area contributed by atoms with Gasteiger partial charge in [0.2, 0.25) is 0 Å². The molecule has 5 rings (SSSR count). The maximum absolute atomic E-state index is 13.7. The molecule has 0 bridgehead atoms. The summed E-state index contributed by atoms with van der Waals surface area (Å²) in [7, 11) is 0. The van der Waals surface area contributed by atoms with E-state index in [4.69, 9.17) is 9.84 Å². The number of hydrogen-bond acceptors (Lipinski definition) is 4. The minimum atomic E-state index is -0.584. The van der Waals surface area contributed by atoms with Crippen LogP contribution in [0, 0.1) is 5.82 Å². The standard InChI is InChI=1S/C25H26FN5O2/c1-15-22-20(18-9-11-27-23-19(18)10-12-28-23)21(16-5-7-17(26)8-6-16)29-31(22)14-13-30(15)24(32)33-25(2,3)4/h5-12,15H,13-14H2,1-4H3,(H,27,28). The maximum atomic E-state index is 13.7. The second-order valence-corrected chi connectivity index (χ2v) is 9.29. The van der Waals surface area contributed by atoms with Crippen LogP contribution in [0.5, 0.6) is 0 Å². The zero-order valence-electron chi connectivity index (χ0n) is 19.1. The number of aromatic nitrogens is 4. The lowest BCUT2D eigenvalue weighted by Gasteiger charge is -2.35. The Morgan fingerprint density at radius 3 is 2.64 bits per heavy atom. The smallest absolute Gasteiger partial charge is 0.410 e. The number of amides is 1. The van der Waals surface area contributed by atoms with Gasteiger partial charge in [-0.15, -0.1) is 0 Å². The van der Waals surface area contributed by atoms with Crippen molar-refractivity contribution < 1.29 is 13.9 Å². The molecule has 8 heteroatoms. The molecule has 1 atom stereocenters. The molecule has 1 aliphatic heterocycles. The third kappa shape index (κ3) is 3.75. The van der Waals surface area contributed by atoms with E-state index >= 15 is 0 Å². The van der Waals surface area contributed by atoms with Gasteiger partial charge in [-0.1, -0.05) is 0 Å². The molecule has 3 aromatic heterocycles. The number of nitrogens with zero attached hydrogens (tertiary/aromatic N) is 4. The van der Waals surface area contributed by atoms with Gasteiger partial charge in [-0.25, -0.2) is 14.2 Å². The van der Waals surface area contributed by atoms with Gasteiger partial charge in [0.05, 0.1) is 18.3 Å². The van der Waals surface area contributed by atoms with Gasteiger partial charge in [0.25, 0.3) is 0 Å². The average molecular weight is 448 g/mol. The fourth-order valence-corrected chi connectivity index (χ4v) is 4.44. The van der Waals surface area contributed by atoms with E-state index < -0.39 is 5.60 Å². The van der Waals surface area contributed by atoms with Crippen LogP contribution >= 0.6 is 0 Å². The van der Waals surface area contributed by atoms with Crippen LogP contribution in [0.15, 0.2) is 48.8 Å². The topological polar surface area (TPSA) is 76.0 Å². The number of rotatable bonds is 2. The number of carbonyl (C=O) groups is 1. The number of hydrogen-bond donors (Lipinski definition) is 1. The van der Waals surface area contributed by atoms with Crippen LogP contribution < -0.4 is 0 Å². The fraction of sp³-hybridized carbons (Fsp3) is 0.320. The number of fused-ring (bicyclic) bond motifs is 2. The Morgan fingerprint density at radius 1 is 1.15 bits per heavy atom. The van der Waals surface area contributed by atoms with Gasteiger partial charge in [0.15, 0.2) is 0 Å². The summed E-state index contributed by atoms with van der Waals surface area (Å²) in [6, 6.07) is 10.0. The van der Waals surface area contributed by atoms with Crippen LogP contribution in [0.1, 0.15) is 39.4 Å². The Kier molecular flexibility index (Phi) is 4.96. The third-order valence-corrected chi connectivity index (χ3v) is 5.88. The molecule has 0 saturated heterocycles. The Bertz CT molecular complexity index is 1330. The van der Waals surface area contributed by atoms with E-state index in [0.717, 1.165) is 39.1 Å². The molecule has 0 fully saturated rings. The van der Waals surface area contributed by atoms with Crippen molar-refractivity contribution in [2.24, 2.45) is 0 Å². The van der Waals surface area contributed by atoms with Gasteiger partial charge in [-0.05, 0) is 69.7 Å². The largest absolute Gasteiger partial charge is 0.444 e. The third-order valence-electron chi connectivity index (χ3n) is 5.88. The number of benzene rings is 1. The Hall–Kier alpha value is -3.68. The lowest BCUT2D eigenvalue weighted by Crippen LogP contribution is -2.43. The molecule has 1 aliphatic rings. The zero-order chi connectivity index (χ0) is 23.3. The molecular weight excluding hydrogens is 421 g/mol. The molecule has 1 N–H and O–H groups in total. The monoisotopic (exact) mass is 447 g/mol. The number of halogens is 1. The molecule has 0 saturated carbocycles. The minimum absolute atomic E-state index is 0.271. The number of aromatic amines is 1. The van der Waals surface area contributed by atoms with E-state index in [-0.39, 0.29) is 18.0 Å². The first kappa shape index (κ1) is 21.2. The molecule has 1 amide bonds. The van der Waals surface area contributed by atoms with Crippen molar-refractivity contribution >= 4 is 17.1 Å². The van der Waals surface area contributed by atoms with Crippen LogP contribution in [-0.4, -0.2) is 42.9 Å². The molecule has 1 aromatic carbocycles. The van der Waals surface area contributed by atoms with Gasteiger partial charge in [0, 0.05) is 35.5 Å². The number of carbonyl (C=O) groups excluding carboxylic acids is 1. The number of nitrogens with one attached hydrogen (secondary N) is 1. The average Bonchev–Trinajstić information content (AvgIpc) is 3.38. The summed E-state index contributed by atoms with van der Waals surface area (Å²) in [6.07, 6.45) is 3.26. The Morgan fingerprint density at radius 2 is 1.91 bits per heavy atom. The molecule has 33 heavy (non-hydrogen) atoms. The SMILES string of the molecule is CC1c2c(-c3ccnc4[nH]ccc34)c(-c3ccc(F)cc3)nn2CCN1C(=O)OC(C)(C)C. The first-order chi connectivity index (χ1) is 15.7. The van der Waals surface area contributed by atoms with E-state index in [1.807, 2.05) is 50.7 Å². The summed E-state index contributed by atoms with van der Waals surface area (Å²) in [5.41, 5.74) is 4.53. The van der Waals surface area contributed by atoms with Gasteiger partial charge < -0.3 is 9.72 Å². The van der Waals surface area contributed by atoms with E-state index in [2.05, 4.69) is 9.97 Å². The predicted molar refractivity (Wildman–Crippen MR) is 124 cm³/mol. The number of ether oxygens (including phenoxy) is 1. The van der Waals surface area contributed by atoms with Crippen LogP contribution in [0.25, 0.3) is 33.4 Å². The lowest BCUT2D eigenvalue weighted by atomic mass is 9.94. The molecule has 0 radical (unpaired) electrons. The van der Waals surface area contributed by atoms with Crippen molar-refractivity contribution in [2.75, 3.05) is 6.54 Å². The van der Waals surface area contributed by atoms with Crippen molar-refractivity contribution in [3.63, 3.8) is 0 Å². The van der Waals surface area contributed by atoms with Crippen molar-refractivity contribution in [1.29, 1.82) is 0 Å². The summed E-state index contributed by atoms with van der Waals surface area (Å²) in [5.74, 6) is -0.300. The second kappa shape index (κ2) is 7.72. The van der Waals surface area contributed by atoms with E-state index in [9.17, 15) is 9.18 Å². The zero-order valence-corrected chi connectivity index (χ0v) is 19.1. The first-order valence-corrected chi connectivity index (χ1v) is 11.0. The van der Waals surface area contributed by atoms with Crippen LogP contribution in [0.3, 0.4) is 0 Å². The highest BCUT2D eigenvalue weighted by atomic mass is 19.1.